The van der Waals surface area contributed by atoms with Crippen molar-refractivity contribution in [2.45, 2.75) is 38.1 Å². The van der Waals surface area contributed by atoms with Crippen molar-refractivity contribution in [2.75, 3.05) is 27.2 Å². The summed E-state index contributed by atoms with van der Waals surface area (Å²) in [4.78, 5) is 28.3. The lowest BCUT2D eigenvalue weighted by Crippen LogP contribution is -2.51. The molecule has 4 rings (SSSR count). The average molecular weight is 416 g/mol. The summed E-state index contributed by atoms with van der Waals surface area (Å²) in [7, 11) is 3.42. The first-order valence-electron chi connectivity index (χ1n) is 10.0. The normalized spacial score (nSPS) is 20.4. The van der Waals surface area contributed by atoms with Gasteiger partial charge in [0.2, 0.25) is 5.91 Å². The molecule has 1 aliphatic heterocycles. The van der Waals surface area contributed by atoms with Crippen molar-refractivity contribution >= 4 is 23.4 Å². The first kappa shape index (κ1) is 19.9. The number of likely N-dealkylation sites (tertiary alicyclic amines) is 1. The Hall–Kier alpha value is -2.41. The van der Waals surface area contributed by atoms with Gasteiger partial charge in [0, 0.05) is 32.2 Å². The third-order valence-corrected chi connectivity index (χ3v) is 6.71. The number of carbonyl (C=O) groups is 2. The zero-order valence-electron chi connectivity index (χ0n) is 16.8. The predicted octanol–water partition coefficient (Wildman–Crippen LogP) is 2.82. The molecule has 2 fully saturated rings. The molecule has 2 aliphatic rings. The van der Waals surface area contributed by atoms with Crippen molar-refractivity contribution in [1.82, 2.24) is 24.8 Å². The van der Waals surface area contributed by atoms with Gasteiger partial charge < -0.3 is 9.80 Å². The highest BCUT2D eigenvalue weighted by Gasteiger charge is 2.50. The van der Waals surface area contributed by atoms with E-state index in [1.165, 1.54) is 4.90 Å². The summed E-state index contributed by atoms with van der Waals surface area (Å²) in [6, 6.07) is 7.71. The number of nitrogens with zero attached hydrogens (tertiary/aromatic N) is 5. The van der Waals surface area contributed by atoms with E-state index in [1.54, 1.807) is 20.3 Å². The second kappa shape index (κ2) is 7.78. The molecule has 0 bridgehead atoms. The van der Waals surface area contributed by atoms with Crippen molar-refractivity contribution in [1.29, 1.82) is 0 Å². The van der Waals surface area contributed by atoms with Gasteiger partial charge in [0.05, 0.1) is 18.7 Å². The molecule has 1 aliphatic carbocycles. The first-order valence-corrected chi connectivity index (χ1v) is 10.4. The van der Waals surface area contributed by atoms with E-state index in [1.807, 2.05) is 33.8 Å². The van der Waals surface area contributed by atoms with Crippen molar-refractivity contribution < 1.29 is 9.59 Å². The van der Waals surface area contributed by atoms with Gasteiger partial charge in [-0.1, -0.05) is 28.9 Å². The molecule has 1 atom stereocenters. The third kappa shape index (κ3) is 3.88. The van der Waals surface area contributed by atoms with Crippen molar-refractivity contribution in [2.24, 2.45) is 5.41 Å². The van der Waals surface area contributed by atoms with E-state index in [-0.39, 0.29) is 23.3 Å². The largest absolute Gasteiger partial charge is 0.343 e. The number of halogens is 1. The van der Waals surface area contributed by atoms with Crippen LogP contribution in [0, 0.1) is 5.41 Å². The van der Waals surface area contributed by atoms with Crippen LogP contribution < -0.4 is 0 Å². The Bertz CT molecular complexity index is 900. The zero-order chi connectivity index (χ0) is 20.6. The highest BCUT2D eigenvalue weighted by molar-refractivity contribution is 6.30. The maximum absolute atomic E-state index is 12.7. The quantitative estimate of drug-likeness (QED) is 0.769. The summed E-state index contributed by atoms with van der Waals surface area (Å²) in [6.45, 7) is 1.53. The van der Waals surface area contributed by atoms with Crippen molar-refractivity contribution in [3.8, 4) is 0 Å². The first-order chi connectivity index (χ1) is 13.9. The van der Waals surface area contributed by atoms with E-state index >= 15 is 0 Å². The number of hydrogen-bond donors (Lipinski definition) is 0. The lowest BCUT2D eigenvalue weighted by atomic mass is 9.59. The Morgan fingerprint density at radius 3 is 2.45 bits per heavy atom. The molecular weight excluding hydrogens is 390 g/mol. The van der Waals surface area contributed by atoms with Gasteiger partial charge in [-0.2, -0.15) is 0 Å². The highest BCUT2D eigenvalue weighted by atomic mass is 35.5. The summed E-state index contributed by atoms with van der Waals surface area (Å²) in [5.41, 5.74) is 1.53. The second-order valence-electron chi connectivity index (χ2n) is 8.38. The summed E-state index contributed by atoms with van der Waals surface area (Å²) in [6.07, 6.45) is 6.27. The molecule has 0 radical (unpaired) electrons. The molecule has 0 N–H and O–H groups in total. The highest BCUT2D eigenvalue weighted by Crippen LogP contribution is 2.56. The van der Waals surface area contributed by atoms with E-state index < -0.39 is 0 Å². The molecule has 2 aromatic rings. The van der Waals surface area contributed by atoms with E-state index in [0.717, 1.165) is 44.3 Å². The maximum atomic E-state index is 12.7. The summed E-state index contributed by atoms with van der Waals surface area (Å²) in [5, 5.41) is 8.98. The third-order valence-electron chi connectivity index (χ3n) is 6.46. The van der Waals surface area contributed by atoms with Gasteiger partial charge in [0.1, 0.15) is 0 Å². The minimum atomic E-state index is -0.132. The number of aromatic nitrogens is 3. The summed E-state index contributed by atoms with van der Waals surface area (Å²) < 4.78 is 1.87. The number of hydrogen-bond acceptors (Lipinski definition) is 4. The Morgan fingerprint density at radius 1 is 1.17 bits per heavy atom. The zero-order valence-corrected chi connectivity index (χ0v) is 17.6. The van der Waals surface area contributed by atoms with Gasteiger partial charge in [-0.15, -0.1) is 5.10 Å². The van der Waals surface area contributed by atoms with Crippen LogP contribution >= 0.6 is 11.6 Å². The lowest BCUT2D eigenvalue weighted by molar-refractivity contribution is -0.135. The molecule has 1 saturated heterocycles. The van der Waals surface area contributed by atoms with Crippen LogP contribution in [0.3, 0.4) is 0 Å². The number of rotatable bonds is 4. The van der Waals surface area contributed by atoms with Crippen molar-refractivity contribution in [3.05, 3.63) is 46.7 Å². The standard InChI is InChI=1S/C21H26ClN5O2/c1-25(2)20(29)17-14-27(24-23-17)18-7-8-21(18)9-11-26(12-10-21)19(28)13-15-3-5-16(22)6-4-15/h3-6,14,18H,7-13H2,1-2H3. The number of piperidine rings is 1. The lowest BCUT2D eigenvalue weighted by Gasteiger charge is -2.53. The van der Waals surface area contributed by atoms with E-state index in [2.05, 4.69) is 10.3 Å². The topological polar surface area (TPSA) is 71.3 Å². The maximum Gasteiger partial charge on any atom is 0.275 e. The summed E-state index contributed by atoms with van der Waals surface area (Å²) >= 11 is 5.92. The van der Waals surface area contributed by atoms with Crippen LogP contribution in [0.2, 0.25) is 5.02 Å². The molecule has 1 saturated carbocycles. The van der Waals surface area contributed by atoms with Gasteiger partial charge in [-0.3, -0.25) is 9.59 Å². The van der Waals surface area contributed by atoms with Gasteiger partial charge in [-0.25, -0.2) is 4.68 Å². The molecule has 29 heavy (non-hydrogen) atoms. The number of carbonyl (C=O) groups excluding carboxylic acids is 2. The van der Waals surface area contributed by atoms with Crippen LogP contribution in [-0.2, 0) is 11.2 Å². The average Bonchev–Trinajstić information content (AvgIpc) is 3.17. The van der Waals surface area contributed by atoms with Gasteiger partial charge in [0.15, 0.2) is 5.69 Å². The molecular formula is C21H26ClN5O2. The molecule has 7 nitrogen and oxygen atoms in total. The fraction of sp³-hybridized carbons (Fsp3) is 0.524. The molecule has 1 spiro atoms. The minimum absolute atomic E-state index is 0.132. The van der Waals surface area contributed by atoms with Crippen LogP contribution in [-0.4, -0.2) is 63.8 Å². The van der Waals surface area contributed by atoms with E-state index in [0.29, 0.717) is 17.1 Å². The van der Waals surface area contributed by atoms with E-state index in [4.69, 9.17) is 11.6 Å². The molecule has 2 heterocycles. The number of amides is 2. The molecule has 8 heteroatoms. The monoisotopic (exact) mass is 415 g/mol. The Balaban J connectivity index is 1.36. The van der Waals surface area contributed by atoms with Crippen LogP contribution in [0.15, 0.2) is 30.5 Å². The Kier molecular flexibility index (Phi) is 5.34. The molecule has 154 valence electrons. The molecule has 1 unspecified atom stereocenters. The SMILES string of the molecule is CN(C)C(=O)c1cn(C2CCC23CCN(C(=O)Cc2ccc(Cl)cc2)CC3)nn1. The number of benzene rings is 1. The van der Waals surface area contributed by atoms with E-state index in [9.17, 15) is 9.59 Å². The van der Waals surface area contributed by atoms with Crippen molar-refractivity contribution in [3.63, 3.8) is 0 Å². The minimum Gasteiger partial charge on any atom is -0.343 e. The van der Waals surface area contributed by atoms with Gasteiger partial charge in [0.25, 0.3) is 5.91 Å². The molecule has 1 aromatic carbocycles. The smallest absolute Gasteiger partial charge is 0.275 e. The van der Waals surface area contributed by atoms with Crippen LogP contribution in [0.5, 0.6) is 0 Å². The predicted molar refractivity (Wildman–Crippen MR) is 110 cm³/mol. The second-order valence-corrected chi connectivity index (χ2v) is 8.82. The fourth-order valence-corrected chi connectivity index (χ4v) is 4.65. The Labute approximate surface area is 175 Å². The molecule has 2 amide bonds. The Morgan fingerprint density at radius 2 is 1.86 bits per heavy atom. The molecule has 1 aromatic heterocycles. The fourth-order valence-electron chi connectivity index (χ4n) is 4.52. The van der Waals surface area contributed by atoms with Gasteiger partial charge >= 0.3 is 0 Å². The van der Waals surface area contributed by atoms with Crippen LogP contribution in [0.4, 0.5) is 0 Å². The van der Waals surface area contributed by atoms with Gasteiger partial charge in [-0.05, 0) is 48.8 Å². The summed E-state index contributed by atoms with van der Waals surface area (Å²) in [5.74, 6) is 0.0323. The van der Waals surface area contributed by atoms with Crippen LogP contribution in [0.1, 0.15) is 47.8 Å². The van der Waals surface area contributed by atoms with Crippen LogP contribution in [0.25, 0.3) is 0 Å².